The lowest BCUT2D eigenvalue weighted by atomic mass is 10.2. The summed E-state index contributed by atoms with van der Waals surface area (Å²) in [5.41, 5.74) is 0. The minimum Gasteiger partial charge on any atom is -0.466 e. The summed E-state index contributed by atoms with van der Waals surface area (Å²) in [7, 11) is 0. The van der Waals surface area contributed by atoms with Crippen molar-refractivity contribution in [2.24, 2.45) is 0 Å². The predicted octanol–water partition coefficient (Wildman–Crippen LogP) is 1.58. The topological polar surface area (TPSA) is 102 Å². The Morgan fingerprint density at radius 1 is 1.35 bits per heavy atom. The maximum Gasteiger partial charge on any atom is 0.306 e. The lowest BCUT2D eigenvalue weighted by molar-refractivity contribution is -0.146. The van der Waals surface area contributed by atoms with Crippen LogP contribution < -0.4 is 5.32 Å². The molecule has 1 unspecified atom stereocenters. The van der Waals surface area contributed by atoms with Crippen molar-refractivity contribution in [1.29, 1.82) is 0 Å². The molecule has 8 nitrogen and oxygen atoms in total. The molecular formula is C15H23N3O5. The van der Waals surface area contributed by atoms with Crippen molar-refractivity contribution in [1.82, 2.24) is 10.1 Å². The van der Waals surface area contributed by atoms with Crippen LogP contribution in [0.3, 0.4) is 0 Å². The standard InChI is InChI=1S/C15H23N3O5/c1-4-11(3)18(14(20)6-7-15(21)22-5-2)10-13(19)16-12-8-9-23-17-12/h8-9,11H,4-7,10H2,1-3H3,(H,16,17,19). The van der Waals surface area contributed by atoms with E-state index in [2.05, 4.69) is 15.0 Å². The fourth-order valence-corrected chi connectivity index (χ4v) is 1.91. The van der Waals surface area contributed by atoms with E-state index in [0.717, 1.165) is 0 Å². The van der Waals surface area contributed by atoms with Gasteiger partial charge in [-0.05, 0) is 20.3 Å². The number of esters is 1. The number of hydrogen-bond acceptors (Lipinski definition) is 6. The molecule has 1 N–H and O–H groups in total. The predicted molar refractivity (Wildman–Crippen MR) is 82.5 cm³/mol. The Bertz CT molecular complexity index is 515. The van der Waals surface area contributed by atoms with Crippen molar-refractivity contribution < 1.29 is 23.6 Å². The number of rotatable bonds is 9. The van der Waals surface area contributed by atoms with Crippen LogP contribution in [0.5, 0.6) is 0 Å². The van der Waals surface area contributed by atoms with Gasteiger partial charge in [0.25, 0.3) is 0 Å². The molecule has 0 aliphatic carbocycles. The van der Waals surface area contributed by atoms with Gasteiger partial charge in [-0.25, -0.2) is 0 Å². The molecule has 2 amide bonds. The zero-order valence-electron chi connectivity index (χ0n) is 13.7. The largest absolute Gasteiger partial charge is 0.466 e. The Hall–Kier alpha value is -2.38. The van der Waals surface area contributed by atoms with Crippen molar-refractivity contribution in [2.75, 3.05) is 18.5 Å². The van der Waals surface area contributed by atoms with Gasteiger partial charge in [-0.2, -0.15) is 0 Å². The molecule has 0 aromatic carbocycles. The molecule has 0 aliphatic rings. The lowest BCUT2D eigenvalue weighted by Gasteiger charge is -2.27. The number of nitrogens with zero attached hydrogens (tertiary/aromatic N) is 2. The van der Waals surface area contributed by atoms with Crippen LogP contribution in [0.25, 0.3) is 0 Å². The van der Waals surface area contributed by atoms with E-state index in [-0.39, 0.29) is 49.7 Å². The van der Waals surface area contributed by atoms with Crippen molar-refractivity contribution in [2.45, 2.75) is 46.1 Å². The molecule has 1 aromatic rings. The van der Waals surface area contributed by atoms with Gasteiger partial charge in [0.05, 0.1) is 13.0 Å². The van der Waals surface area contributed by atoms with Crippen molar-refractivity contribution in [3.8, 4) is 0 Å². The number of amides is 2. The van der Waals surface area contributed by atoms with E-state index in [0.29, 0.717) is 6.42 Å². The summed E-state index contributed by atoms with van der Waals surface area (Å²) in [6.45, 7) is 5.66. The minimum atomic E-state index is -0.419. The Kier molecular flexibility index (Phi) is 7.79. The summed E-state index contributed by atoms with van der Waals surface area (Å²) in [4.78, 5) is 37.1. The maximum atomic E-state index is 12.3. The molecule has 0 bridgehead atoms. The molecular weight excluding hydrogens is 302 g/mol. The summed E-state index contributed by atoms with van der Waals surface area (Å²) in [6.07, 6.45) is 2.06. The van der Waals surface area contributed by atoms with E-state index < -0.39 is 5.97 Å². The van der Waals surface area contributed by atoms with Gasteiger partial charge in [-0.1, -0.05) is 12.1 Å². The molecule has 1 rings (SSSR count). The lowest BCUT2D eigenvalue weighted by Crippen LogP contribution is -2.43. The van der Waals surface area contributed by atoms with Crippen LogP contribution in [0.1, 0.15) is 40.0 Å². The van der Waals surface area contributed by atoms with Gasteiger partial charge in [-0.3, -0.25) is 14.4 Å². The molecule has 0 spiro atoms. The highest BCUT2D eigenvalue weighted by Gasteiger charge is 2.22. The van der Waals surface area contributed by atoms with Gasteiger partial charge >= 0.3 is 5.97 Å². The second-order valence-corrected chi connectivity index (χ2v) is 5.02. The second kappa shape index (κ2) is 9.60. The molecule has 0 aliphatic heterocycles. The molecule has 128 valence electrons. The Labute approximate surface area is 135 Å². The first kappa shape index (κ1) is 18.7. The molecule has 0 fully saturated rings. The minimum absolute atomic E-state index is 0.00448. The van der Waals surface area contributed by atoms with E-state index in [1.54, 1.807) is 6.92 Å². The van der Waals surface area contributed by atoms with E-state index in [1.807, 2.05) is 13.8 Å². The van der Waals surface area contributed by atoms with E-state index in [1.165, 1.54) is 17.2 Å². The van der Waals surface area contributed by atoms with Crippen molar-refractivity contribution in [3.63, 3.8) is 0 Å². The quantitative estimate of drug-likeness (QED) is 0.692. The number of ether oxygens (including phenoxy) is 1. The molecule has 0 saturated heterocycles. The first-order chi connectivity index (χ1) is 11.0. The highest BCUT2D eigenvalue weighted by atomic mass is 16.5. The van der Waals surface area contributed by atoms with E-state index in [9.17, 15) is 14.4 Å². The molecule has 23 heavy (non-hydrogen) atoms. The third kappa shape index (κ3) is 6.50. The number of aromatic nitrogens is 1. The van der Waals surface area contributed by atoms with Crippen molar-refractivity contribution in [3.05, 3.63) is 12.3 Å². The average Bonchev–Trinajstić information content (AvgIpc) is 3.02. The monoisotopic (exact) mass is 325 g/mol. The Balaban J connectivity index is 2.58. The maximum absolute atomic E-state index is 12.3. The zero-order valence-corrected chi connectivity index (χ0v) is 13.7. The number of carbonyl (C=O) groups excluding carboxylic acids is 3. The summed E-state index contributed by atoms with van der Waals surface area (Å²) in [5, 5.41) is 6.12. The summed E-state index contributed by atoms with van der Waals surface area (Å²) < 4.78 is 9.43. The SMILES string of the molecule is CCOC(=O)CCC(=O)N(CC(=O)Nc1ccon1)C(C)CC. The summed E-state index contributed by atoms with van der Waals surface area (Å²) in [5.74, 6) is -0.763. The van der Waals surface area contributed by atoms with Crippen LogP contribution in [-0.2, 0) is 19.1 Å². The third-order valence-corrected chi connectivity index (χ3v) is 3.31. The summed E-state index contributed by atoms with van der Waals surface area (Å²) >= 11 is 0. The molecule has 1 heterocycles. The van der Waals surface area contributed by atoms with E-state index in [4.69, 9.17) is 4.74 Å². The van der Waals surface area contributed by atoms with Crippen LogP contribution in [-0.4, -0.2) is 47.0 Å². The molecule has 1 aromatic heterocycles. The fraction of sp³-hybridized carbons (Fsp3) is 0.600. The fourth-order valence-electron chi connectivity index (χ4n) is 1.91. The zero-order chi connectivity index (χ0) is 17.2. The average molecular weight is 325 g/mol. The van der Waals surface area contributed by atoms with E-state index >= 15 is 0 Å². The molecule has 8 heteroatoms. The second-order valence-electron chi connectivity index (χ2n) is 5.02. The highest BCUT2D eigenvalue weighted by molar-refractivity contribution is 5.94. The Morgan fingerprint density at radius 2 is 2.09 bits per heavy atom. The number of carbonyl (C=O) groups is 3. The van der Waals surface area contributed by atoms with Crippen LogP contribution >= 0.6 is 0 Å². The highest BCUT2D eigenvalue weighted by Crippen LogP contribution is 2.09. The van der Waals surface area contributed by atoms with Crippen molar-refractivity contribution >= 4 is 23.6 Å². The summed E-state index contributed by atoms with van der Waals surface area (Å²) in [6, 6.07) is 1.39. The van der Waals surface area contributed by atoms with Crippen LogP contribution in [0.2, 0.25) is 0 Å². The third-order valence-electron chi connectivity index (χ3n) is 3.31. The Morgan fingerprint density at radius 3 is 2.65 bits per heavy atom. The van der Waals surface area contributed by atoms with Gasteiger partial charge in [0.2, 0.25) is 11.8 Å². The van der Waals surface area contributed by atoms with Gasteiger partial charge in [0, 0.05) is 18.5 Å². The van der Waals surface area contributed by atoms with Gasteiger partial charge < -0.3 is 19.5 Å². The molecule has 1 atom stereocenters. The first-order valence-corrected chi connectivity index (χ1v) is 7.63. The van der Waals surface area contributed by atoms with Gasteiger partial charge in [0.15, 0.2) is 5.82 Å². The van der Waals surface area contributed by atoms with Crippen LogP contribution in [0, 0.1) is 0 Å². The number of nitrogens with one attached hydrogen (secondary N) is 1. The number of hydrogen-bond donors (Lipinski definition) is 1. The van der Waals surface area contributed by atoms with Gasteiger partial charge in [0.1, 0.15) is 12.8 Å². The molecule has 0 saturated carbocycles. The van der Waals surface area contributed by atoms with Crippen LogP contribution in [0.15, 0.2) is 16.9 Å². The first-order valence-electron chi connectivity index (χ1n) is 7.63. The molecule has 0 radical (unpaired) electrons. The number of anilines is 1. The normalized spacial score (nSPS) is 11.6. The van der Waals surface area contributed by atoms with Crippen LogP contribution in [0.4, 0.5) is 5.82 Å². The van der Waals surface area contributed by atoms with Gasteiger partial charge in [-0.15, -0.1) is 0 Å². The smallest absolute Gasteiger partial charge is 0.306 e.